The Morgan fingerprint density at radius 2 is 2.50 bits per heavy atom. The summed E-state index contributed by atoms with van der Waals surface area (Å²) >= 11 is 0. The maximum absolute atomic E-state index is 10.3. The Morgan fingerprint density at radius 1 is 1.70 bits per heavy atom. The number of carbonyl (C=O) groups is 1. The highest BCUT2D eigenvalue weighted by molar-refractivity contribution is 6.06. The van der Waals surface area contributed by atoms with Gasteiger partial charge in [-0.3, -0.25) is 4.79 Å². The SMILES string of the molecule is CC=C(C=O)c1ccoc1. The number of hydrogen-bond donors (Lipinski definition) is 0. The number of carbonyl (C=O) groups excluding carboxylic acids is 1. The number of rotatable bonds is 2. The molecular weight excluding hydrogens is 128 g/mol. The van der Waals surface area contributed by atoms with Gasteiger partial charge in [0.15, 0.2) is 0 Å². The lowest BCUT2D eigenvalue weighted by molar-refractivity contribution is -0.103. The van der Waals surface area contributed by atoms with Gasteiger partial charge in [-0.2, -0.15) is 0 Å². The third-order valence-electron chi connectivity index (χ3n) is 1.29. The van der Waals surface area contributed by atoms with Crippen molar-refractivity contribution >= 4 is 11.9 Å². The topological polar surface area (TPSA) is 30.2 Å². The van der Waals surface area contributed by atoms with Crippen LogP contribution in [0.2, 0.25) is 0 Å². The molecule has 1 heterocycles. The predicted molar refractivity (Wildman–Crippen MR) is 38.4 cm³/mol. The van der Waals surface area contributed by atoms with Crippen molar-refractivity contribution in [1.29, 1.82) is 0 Å². The molecule has 0 aromatic carbocycles. The van der Waals surface area contributed by atoms with E-state index in [1.165, 1.54) is 0 Å². The largest absolute Gasteiger partial charge is 0.472 e. The molecule has 0 aliphatic carbocycles. The molecule has 0 amide bonds. The molecule has 2 nitrogen and oxygen atoms in total. The molecule has 0 N–H and O–H groups in total. The molecule has 0 saturated heterocycles. The molecular formula is C8H8O2. The van der Waals surface area contributed by atoms with Crippen LogP contribution in [0.3, 0.4) is 0 Å². The van der Waals surface area contributed by atoms with E-state index in [1.807, 2.05) is 6.92 Å². The molecule has 0 unspecified atom stereocenters. The van der Waals surface area contributed by atoms with Gasteiger partial charge >= 0.3 is 0 Å². The number of furan rings is 1. The Labute approximate surface area is 59.2 Å². The molecule has 0 aliphatic heterocycles. The van der Waals surface area contributed by atoms with Crippen LogP contribution in [0.15, 0.2) is 29.1 Å². The molecule has 1 rings (SSSR count). The van der Waals surface area contributed by atoms with Crippen LogP contribution >= 0.6 is 0 Å². The molecule has 0 atom stereocenters. The van der Waals surface area contributed by atoms with E-state index in [2.05, 4.69) is 0 Å². The third kappa shape index (κ3) is 1.16. The van der Waals surface area contributed by atoms with Gasteiger partial charge < -0.3 is 4.42 Å². The molecule has 52 valence electrons. The Balaban J connectivity index is 2.95. The van der Waals surface area contributed by atoms with Crippen LogP contribution in [-0.2, 0) is 4.79 Å². The van der Waals surface area contributed by atoms with Crippen molar-refractivity contribution < 1.29 is 9.21 Å². The Hall–Kier alpha value is -1.31. The normalized spacial score (nSPS) is 11.5. The summed E-state index contributed by atoms with van der Waals surface area (Å²) in [4.78, 5) is 10.3. The standard InChI is InChI=1S/C8H8O2/c1-2-7(5-9)8-3-4-10-6-8/h2-6H,1H3. The van der Waals surface area contributed by atoms with Crippen molar-refractivity contribution in [1.82, 2.24) is 0 Å². The summed E-state index contributed by atoms with van der Waals surface area (Å²) in [7, 11) is 0. The van der Waals surface area contributed by atoms with Gasteiger partial charge in [-0.25, -0.2) is 0 Å². The van der Waals surface area contributed by atoms with E-state index >= 15 is 0 Å². The number of hydrogen-bond acceptors (Lipinski definition) is 2. The van der Waals surface area contributed by atoms with Gasteiger partial charge in [-0.05, 0) is 13.0 Å². The fourth-order valence-corrected chi connectivity index (χ4v) is 0.731. The highest BCUT2D eigenvalue weighted by Gasteiger charge is 1.97. The highest BCUT2D eigenvalue weighted by atomic mass is 16.3. The summed E-state index contributed by atoms with van der Waals surface area (Å²) in [5.74, 6) is 0. The predicted octanol–water partition coefficient (Wildman–Crippen LogP) is 1.88. The summed E-state index contributed by atoms with van der Waals surface area (Å²) in [5, 5.41) is 0. The van der Waals surface area contributed by atoms with E-state index in [0.717, 1.165) is 11.8 Å². The molecule has 1 aromatic rings. The van der Waals surface area contributed by atoms with E-state index in [1.54, 1.807) is 24.7 Å². The Morgan fingerprint density at radius 3 is 2.90 bits per heavy atom. The van der Waals surface area contributed by atoms with Gasteiger partial charge in [0.05, 0.1) is 12.5 Å². The zero-order valence-corrected chi connectivity index (χ0v) is 5.70. The van der Waals surface area contributed by atoms with Crippen molar-refractivity contribution in [3.05, 3.63) is 30.2 Å². The Bertz CT molecular complexity index is 232. The van der Waals surface area contributed by atoms with E-state index in [-0.39, 0.29) is 0 Å². The van der Waals surface area contributed by atoms with Crippen LogP contribution in [0.4, 0.5) is 0 Å². The molecule has 2 heteroatoms. The number of aldehydes is 1. The van der Waals surface area contributed by atoms with E-state index < -0.39 is 0 Å². The van der Waals surface area contributed by atoms with Gasteiger partial charge in [0.25, 0.3) is 0 Å². The van der Waals surface area contributed by atoms with Gasteiger partial charge in [-0.1, -0.05) is 6.08 Å². The van der Waals surface area contributed by atoms with Gasteiger partial charge in [-0.15, -0.1) is 0 Å². The lowest BCUT2D eigenvalue weighted by atomic mass is 10.1. The van der Waals surface area contributed by atoms with Crippen LogP contribution in [0.5, 0.6) is 0 Å². The molecule has 0 saturated carbocycles. The molecule has 0 radical (unpaired) electrons. The summed E-state index contributed by atoms with van der Waals surface area (Å²) in [6.07, 6.45) is 5.65. The van der Waals surface area contributed by atoms with Crippen molar-refractivity contribution in [2.75, 3.05) is 0 Å². The maximum Gasteiger partial charge on any atom is 0.150 e. The quantitative estimate of drug-likeness (QED) is 0.459. The van der Waals surface area contributed by atoms with Crippen LogP contribution in [0.25, 0.3) is 5.57 Å². The molecule has 0 spiro atoms. The molecule has 10 heavy (non-hydrogen) atoms. The lowest BCUT2D eigenvalue weighted by Crippen LogP contribution is -1.79. The fourth-order valence-electron chi connectivity index (χ4n) is 0.731. The van der Waals surface area contributed by atoms with Gasteiger partial charge in [0.2, 0.25) is 0 Å². The lowest BCUT2D eigenvalue weighted by Gasteiger charge is -1.88. The van der Waals surface area contributed by atoms with Crippen molar-refractivity contribution in [2.24, 2.45) is 0 Å². The molecule has 0 bridgehead atoms. The van der Waals surface area contributed by atoms with Crippen LogP contribution < -0.4 is 0 Å². The van der Waals surface area contributed by atoms with E-state index in [0.29, 0.717) is 5.57 Å². The first-order valence-corrected chi connectivity index (χ1v) is 3.02. The van der Waals surface area contributed by atoms with E-state index in [9.17, 15) is 4.79 Å². The van der Waals surface area contributed by atoms with Gasteiger partial charge in [0, 0.05) is 11.1 Å². The van der Waals surface area contributed by atoms with Crippen LogP contribution in [-0.4, -0.2) is 6.29 Å². The zero-order chi connectivity index (χ0) is 7.40. The summed E-state index contributed by atoms with van der Waals surface area (Å²) < 4.78 is 4.80. The van der Waals surface area contributed by atoms with Gasteiger partial charge in [0.1, 0.15) is 6.29 Å². The fraction of sp³-hybridized carbons (Fsp3) is 0.125. The average molecular weight is 136 g/mol. The maximum atomic E-state index is 10.3. The second-order valence-corrected chi connectivity index (χ2v) is 1.87. The first kappa shape index (κ1) is 6.81. The summed E-state index contributed by atoms with van der Waals surface area (Å²) in [6.45, 7) is 1.82. The Kier molecular flexibility index (Phi) is 2.05. The minimum atomic E-state index is 0.661. The molecule has 0 fully saturated rings. The van der Waals surface area contributed by atoms with Crippen molar-refractivity contribution in [3.63, 3.8) is 0 Å². The first-order valence-electron chi connectivity index (χ1n) is 3.02. The third-order valence-corrected chi connectivity index (χ3v) is 1.29. The second-order valence-electron chi connectivity index (χ2n) is 1.87. The minimum Gasteiger partial charge on any atom is -0.472 e. The minimum absolute atomic E-state index is 0.661. The zero-order valence-electron chi connectivity index (χ0n) is 5.70. The molecule has 1 aromatic heterocycles. The summed E-state index contributed by atoms with van der Waals surface area (Å²) in [5.41, 5.74) is 1.49. The van der Waals surface area contributed by atoms with E-state index in [4.69, 9.17) is 4.42 Å². The average Bonchev–Trinajstić information content (AvgIpc) is 2.43. The summed E-state index contributed by atoms with van der Waals surface area (Å²) in [6, 6.07) is 1.75. The smallest absolute Gasteiger partial charge is 0.150 e. The number of allylic oxidation sites excluding steroid dienone is 2. The second kappa shape index (κ2) is 3.01. The van der Waals surface area contributed by atoms with Crippen LogP contribution in [0.1, 0.15) is 12.5 Å². The van der Waals surface area contributed by atoms with Crippen LogP contribution in [0, 0.1) is 0 Å². The first-order chi connectivity index (χ1) is 4.88. The van der Waals surface area contributed by atoms with Crippen molar-refractivity contribution in [3.8, 4) is 0 Å². The van der Waals surface area contributed by atoms with Crippen molar-refractivity contribution in [2.45, 2.75) is 6.92 Å². The molecule has 0 aliphatic rings. The highest BCUT2D eigenvalue weighted by Crippen LogP contribution is 2.11. The monoisotopic (exact) mass is 136 g/mol.